The van der Waals surface area contributed by atoms with Crippen LogP contribution >= 0.6 is 0 Å². The molecule has 3 atom stereocenters. The van der Waals surface area contributed by atoms with E-state index in [1.807, 2.05) is 24.3 Å². The van der Waals surface area contributed by atoms with E-state index in [1.165, 1.54) is 7.11 Å². The first-order valence-electron chi connectivity index (χ1n) is 7.52. The van der Waals surface area contributed by atoms with E-state index < -0.39 is 5.54 Å². The van der Waals surface area contributed by atoms with Gasteiger partial charge >= 0.3 is 5.97 Å². The predicted molar refractivity (Wildman–Crippen MR) is 83.5 cm³/mol. The van der Waals surface area contributed by atoms with Crippen LogP contribution in [0, 0.1) is 11.8 Å². The number of carbonyl (C=O) groups excluding carboxylic acids is 1. The van der Waals surface area contributed by atoms with Gasteiger partial charge in [0, 0.05) is 11.8 Å². The van der Waals surface area contributed by atoms with Crippen molar-refractivity contribution in [3.05, 3.63) is 24.3 Å². The number of benzene rings is 1. The summed E-state index contributed by atoms with van der Waals surface area (Å²) in [6.07, 6.45) is 2.84. The Morgan fingerprint density at radius 2 is 2.10 bits per heavy atom. The molecule has 2 rings (SSSR count). The number of nitrogens with one attached hydrogen (secondary N) is 1. The van der Waals surface area contributed by atoms with Gasteiger partial charge in [-0.05, 0) is 43.2 Å². The molecule has 4 nitrogen and oxygen atoms in total. The lowest BCUT2D eigenvalue weighted by Crippen LogP contribution is -2.55. The summed E-state index contributed by atoms with van der Waals surface area (Å²) in [5, 5.41) is 3.44. The summed E-state index contributed by atoms with van der Waals surface area (Å²) in [5.74, 6) is 1.46. The standard InChI is InChI=1S/C17H25NO3/c1-12-8-9-17(13(2)10-12,16(19)21-4)18-14-6-5-7-15(11-14)20-3/h5-7,11-13,18H,8-10H2,1-4H3. The summed E-state index contributed by atoms with van der Waals surface area (Å²) in [7, 11) is 3.10. The Bertz CT molecular complexity index is 503. The summed E-state index contributed by atoms with van der Waals surface area (Å²) in [4.78, 5) is 12.4. The minimum Gasteiger partial charge on any atom is -0.497 e. The number of hydrogen-bond donors (Lipinski definition) is 1. The quantitative estimate of drug-likeness (QED) is 0.863. The highest BCUT2D eigenvalue weighted by molar-refractivity contribution is 5.85. The van der Waals surface area contributed by atoms with Gasteiger partial charge in [0.15, 0.2) is 0 Å². The molecule has 1 aliphatic rings. The normalized spacial score (nSPS) is 28.8. The van der Waals surface area contributed by atoms with E-state index in [1.54, 1.807) is 7.11 Å². The first-order valence-corrected chi connectivity index (χ1v) is 7.52. The topological polar surface area (TPSA) is 47.6 Å². The highest BCUT2D eigenvalue weighted by Gasteiger charge is 2.47. The van der Waals surface area contributed by atoms with Crippen LogP contribution in [0.2, 0.25) is 0 Å². The Morgan fingerprint density at radius 3 is 2.71 bits per heavy atom. The lowest BCUT2D eigenvalue weighted by atomic mass is 9.69. The van der Waals surface area contributed by atoms with E-state index >= 15 is 0 Å². The van der Waals surface area contributed by atoms with E-state index in [0.717, 1.165) is 30.7 Å². The van der Waals surface area contributed by atoms with Crippen molar-refractivity contribution in [1.29, 1.82) is 0 Å². The van der Waals surface area contributed by atoms with Gasteiger partial charge in [-0.3, -0.25) is 0 Å². The molecule has 1 aromatic carbocycles. The molecule has 1 aromatic rings. The van der Waals surface area contributed by atoms with Gasteiger partial charge in [0.05, 0.1) is 14.2 Å². The summed E-state index contributed by atoms with van der Waals surface area (Å²) >= 11 is 0. The molecule has 0 radical (unpaired) electrons. The van der Waals surface area contributed by atoms with E-state index in [2.05, 4.69) is 19.2 Å². The number of rotatable bonds is 4. The fraction of sp³-hybridized carbons (Fsp3) is 0.588. The van der Waals surface area contributed by atoms with Crippen molar-refractivity contribution in [2.45, 2.75) is 38.6 Å². The van der Waals surface area contributed by atoms with Gasteiger partial charge in [0.2, 0.25) is 0 Å². The number of ether oxygens (including phenoxy) is 2. The molecule has 0 amide bonds. The molecule has 0 saturated heterocycles. The summed E-state index contributed by atoms with van der Waals surface area (Å²) in [6, 6.07) is 7.68. The molecule has 0 bridgehead atoms. The average Bonchev–Trinajstić information content (AvgIpc) is 2.49. The summed E-state index contributed by atoms with van der Waals surface area (Å²) in [5.41, 5.74) is 0.245. The molecule has 1 N–H and O–H groups in total. The highest BCUT2D eigenvalue weighted by atomic mass is 16.5. The molecule has 116 valence electrons. The fourth-order valence-corrected chi connectivity index (χ4v) is 3.32. The summed E-state index contributed by atoms with van der Waals surface area (Å²) < 4.78 is 10.3. The zero-order valence-electron chi connectivity index (χ0n) is 13.3. The minimum absolute atomic E-state index is 0.176. The molecule has 21 heavy (non-hydrogen) atoms. The maximum absolute atomic E-state index is 12.4. The fourth-order valence-electron chi connectivity index (χ4n) is 3.32. The first-order chi connectivity index (χ1) is 10.0. The second-order valence-corrected chi connectivity index (χ2v) is 6.10. The number of carbonyl (C=O) groups is 1. The third-order valence-corrected chi connectivity index (χ3v) is 4.62. The average molecular weight is 291 g/mol. The monoisotopic (exact) mass is 291 g/mol. The van der Waals surface area contributed by atoms with Gasteiger partial charge in [-0.15, -0.1) is 0 Å². The van der Waals surface area contributed by atoms with Crippen molar-refractivity contribution in [3.8, 4) is 5.75 Å². The van der Waals surface area contributed by atoms with Crippen LogP contribution in [0.3, 0.4) is 0 Å². The number of esters is 1. The lowest BCUT2D eigenvalue weighted by molar-refractivity contribution is -0.149. The molecule has 0 aromatic heterocycles. The molecule has 0 heterocycles. The number of anilines is 1. The van der Waals surface area contributed by atoms with Gasteiger partial charge < -0.3 is 14.8 Å². The molecule has 0 spiro atoms. The molecule has 1 saturated carbocycles. The zero-order chi connectivity index (χ0) is 15.5. The van der Waals surface area contributed by atoms with Crippen molar-refractivity contribution in [2.24, 2.45) is 11.8 Å². The Morgan fingerprint density at radius 1 is 1.33 bits per heavy atom. The molecule has 0 aliphatic heterocycles. The van der Waals surface area contributed by atoms with E-state index in [0.29, 0.717) is 5.92 Å². The third kappa shape index (κ3) is 3.14. The van der Waals surface area contributed by atoms with Crippen LogP contribution in [-0.4, -0.2) is 25.7 Å². The van der Waals surface area contributed by atoms with Crippen molar-refractivity contribution in [3.63, 3.8) is 0 Å². The Hall–Kier alpha value is -1.71. The largest absolute Gasteiger partial charge is 0.497 e. The minimum atomic E-state index is -0.645. The van der Waals surface area contributed by atoms with Gasteiger partial charge in [-0.25, -0.2) is 4.79 Å². The van der Waals surface area contributed by atoms with E-state index in [9.17, 15) is 4.79 Å². The Kier molecular flexibility index (Phi) is 4.76. The molecular formula is C17H25NO3. The van der Waals surface area contributed by atoms with Crippen LogP contribution in [0.1, 0.15) is 33.1 Å². The maximum atomic E-state index is 12.4. The molecule has 1 aliphatic carbocycles. The molecular weight excluding hydrogens is 266 g/mol. The number of methoxy groups -OCH3 is 2. The highest BCUT2D eigenvalue weighted by Crippen LogP contribution is 2.40. The van der Waals surface area contributed by atoms with Crippen LogP contribution in [0.5, 0.6) is 5.75 Å². The van der Waals surface area contributed by atoms with Crippen LogP contribution < -0.4 is 10.1 Å². The third-order valence-electron chi connectivity index (χ3n) is 4.62. The van der Waals surface area contributed by atoms with Gasteiger partial charge in [0.1, 0.15) is 11.3 Å². The molecule has 1 fully saturated rings. The first kappa shape index (κ1) is 15.7. The van der Waals surface area contributed by atoms with Gasteiger partial charge in [-0.2, -0.15) is 0 Å². The second-order valence-electron chi connectivity index (χ2n) is 6.10. The smallest absolute Gasteiger partial charge is 0.331 e. The van der Waals surface area contributed by atoms with Crippen molar-refractivity contribution in [1.82, 2.24) is 0 Å². The van der Waals surface area contributed by atoms with Crippen molar-refractivity contribution in [2.75, 3.05) is 19.5 Å². The Balaban J connectivity index is 2.30. The zero-order valence-corrected chi connectivity index (χ0v) is 13.3. The maximum Gasteiger partial charge on any atom is 0.331 e. The predicted octanol–water partition coefficient (Wildman–Crippen LogP) is 3.48. The number of hydrogen-bond acceptors (Lipinski definition) is 4. The summed E-state index contributed by atoms with van der Waals surface area (Å²) in [6.45, 7) is 4.36. The SMILES string of the molecule is COC(=O)C1(Nc2cccc(OC)c2)CCC(C)CC1C. The molecule has 4 heteroatoms. The second kappa shape index (κ2) is 6.37. The van der Waals surface area contributed by atoms with Crippen LogP contribution in [0.4, 0.5) is 5.69 Å². The van der Waals surface area contributed by atoms with Crippen LogP contribution in [0.15, 0.2) is 24.3 Å². The van der Waals surface area contributed by atoms with E-state index in [4.69, 9.17) is 9.47 Å². The van der Waals surface area contributed by atoms with Crippen LogP contribution in [0.25, 0.3) is 0 Å². The van der Waals surface area contributed by atoms with Crippen LogP contribution in [-0.2, 0) is 9.53 Å². The Labute approximate surface area is 126 Å². The molecule has 3 unspecified atom stereocenters. The van der Waals surface area contributed by atoms with Gasteiger partial charge in [0.25, 0.3) is 0 Å². The van der Waals surface area contributed by atoms with E-state index in [-0.39, 0.29) is 11.9 Å². The van der Waals surface area contributed by atoms with Crippen molar-refractivity contribution < 1.29 is 14.3 Å². The van der Waals surface area contributed by atoms with Crippen molar-refractivity contribution >= 4 is 11.7 Å². The lowest BCUT2D eigenvalue weighted by Gasteiger charge is -2.43. The van der Waals surface area contributed by atoms with Gasteiger partial charge in [-0.1, -0.05) is 19.9 Å².